The van der Waals surface area contributed by atoms with Gasteiger partial charge in [-0.1, -0.05) is 43.1 Å². The highest BCUT2D eigenvalue weighted by molar-refractivity contribution is 7.07. The minimum atomic E-state index is 0.668. The number of halogens is 1. The van der Waals surface area contributed by atoms with E-state index < -0.39 is 0 Å². The summed E-state index contributed by atoms with van der Waals surface area (Å²) in [4.78, 5) is 4.73. The van der Waals surface area contributed by atoms with Gasteiger partial charge >= 0.3 is 0 Å². The number of benzene rings is 1. The zero-order valence-electron chi connectivity index (χ0n) is 16.8. The van der Waals surface area contributed by atoms with E-state index >= 15 is 0 Å². The zero-order valence-corrected chi connectivity index (χ0v) is 18.3. The largest absolute Gasteiger partial charge is 0.324 e. The highest BCUT2D eigenvalue weighted by atomic mass is 35.5. The van der Waals surface area contributed by atoms with Crippen molar-refractivity contribution in [3.63, 3.8) is 0 Å². The van der Waals surface area contributed by atoms with Crippen molar-refractivity contribution in [1.29, 1.82) is 0 Å². The molecule has 3 aromatic heterocycles. The van der Waals surface area contributed by atoms with E-state index in [0.29, 0.717) is 12.4 Å². The van der Waals surface area contributed by atoms with Gasteiger partial charge in [-0.25, -0.2) is 10.1 Å². The molecule has 8 heteroatoms. The Morgan fingerprint density at radius 1 is 1.27 bits per heavy atom. The van der Waals surface area contributed by atoms with Crippen molar-refractivity contribution >= 4 is 34.6 Å². The van der Waals surface area contributed by atoms with Crippen molar-refractivity contribution < 1.29 is 0 Å². The van der Waals surface area contributed by atoms with Gasteiger partial charge in [-0.2, -0.15) is 11.3 Å². The highest BCUT2D eigenvalue weighted by Gasteiger charge is 2.14. The molecule has 0 bridgehead atoms. The summed E-state index contributed by atoms with van der Waals surface area (Å²) in [5.74, 6) is 1.73. The summed E-state index contributed by atoms with van der Waals surface area (Å²) in [7, 11) is 0. The fourth-order valence-electron chi connectivity index (χ4n) is 3.35. The second-order valence-corrected chi connectivity index (χ2v) is 8.30. The number of tetrazole rings is 1. The maximum atomic E-state index is 6.45. The van der Waals surface area contributed by atoms with Crippen molar-refractivity contribution in [2.24, 2.45) is 0 Å². The molecule has 3 heterocycles. The van der Waals surface area contributed by atoms with Crippen molar-refractivity contribution in [2.75, 3.05) is 0 Å². The predicted octanol–water partition coefficient (Wildman–Crippen LogP) is 5.29. The van der Waals surface area contributed by atoms with Gasteiger partial charge in [0.05, 0.1) is 18.4 Å². The van der Waals surface area contributed by atoms with E-state index in [1.54, 1.807) is 11.3 Å². The van der Waals surface area contributed by atoms with Crippen LogP contribution in [0.2, 0.25) is 5.02 Å². The van der Waals surface area contributed by atoms with Crippen LogP contribution in [0.15, 0.2) is 47.3 Å². The summed E-state index contributed by atoms with van der Waals surface area (Å²) in [5, 5.41) is 19.6. The number of aromatic amines is 1. The molecule has 0 unspecified atom stereocenters. The predicted molar refractivity (Wildman–Crippen MR) is 121 cm³/mol. The van der Waals surface area contributed by atoms with Crippen LogP contribution in [0.1, 0.15) is 48.2 Å². The third-order valence-corrected chi connectivity index (χ3v) is 6.06. The van der Waals surface area contributed by atoms with Crippen molar-refractivity contribution in [3.05, 3.63) is 80.8 Å². The van der Waals surface area contributed by atoms with Gasteiger partial charge in [-0.05, 0) is 56.9 Å². The van der Waals surface area contributed by atoms with Crippen LogP contribution in [0.3, 0.4) is 0 Å². The van der Waals surface area contributed by atoms with E-state index in [-0.39, 0.29) is 0 Å². The molecular formula is C22H23ClN6S. The van der Waals surface area contributed by atoms with E-state index in [1.807, 2.05) is 24.4 Å². The van der Waals surface area contributed by atoms with Crippen molar-refractivity contribution in [1.82, 2.24) is 30.2 Å². The van der Waals surface area contributed by atoms with Gasteiger partial charge in [0, 0.05) is 23.4 Å². The van der Waals surface area contributed by atoms with E-state index in [4.69, 9.17) is 16.6 Å². The van der Waals surface area contributed by atoms with Crippen LogP contribution in [0.5, 0.6) is 0 Å². The zero-order chi connectivity index (χ0) is 20.8. The molecule has 0 atom stereocenters. The molecule has 154 valence electrons. The van der Waals surface area contributed by atoms with Gasteiger partial charge in [0.2, 0.25) is 0 Å². The van der Waals surface area contributed by atoms with Crippen molar-refractivity contribution in [2.45, 2.75) is 39.2 Å². The Balaban J connectivity index is 1.74. The maximum absolute atomic E-state index is 6.45. The van der Waals surface area contributed by atoms with Crippen LogP contribution in [0, 0.1) is 0 Å². The molecule has 1 N–H and O–H groups in total. The Morgan fingerprint density at radius 2 is 2.17 bits per heavy atom. The molecule has 0 amide bonds. The first kappa shape index (κ1) is 20.5. The molecule has 0 aliphatic heterocycles. The third-order valence-electron chi connectivity index (χ3n) is 4.96. The van der Waals surface area contributed by atoms with E-state index in [0.717, 1.165) is 53.4 Å². The number of imidazole rings is 1. The Kier molecular flexibility index (Phi) is 6.71. The molecule has 4 rings (SSSR count). The van der Waals surface area contributed by atoms with Crippen LogP contribution in [-0.2, 0) is 19.4 Å². The molecule has 0 fully saturated rings. The lowest BCUT2D eigenvalue weighted by Crippen LogP contribution is -2.08. The third kappa shape index (κ3) is 4.86. The first-order chi connectivity index (χ1) is 14.7. The van der Waals surface area contributed by atoms with Gasteiger partial charge in [-0.15, -0.1) is 5.10 Å². The number of aromatic nitrogens is 6. The number of nitrogens with one attached hydrogen (secondary N) is 1. The molecular weight excluding hydrogens is 416 g/mol. The standard InChI is InChI=1S/C22H23ClN6S/c1-2-3-8-21-24-13-19(29(21)14-17-6-4-5-7-20(17)23)12-18(22-25-27-28-26-22)11-16-9-10-30-15-16/h4-7,9-10,12-13,15H,2-3,8,11,14H2,1H3,(H,25,26,27,28). The molecule has 4 aromatic rings. The van der Waals surface area contributed by atoms with Gasteiger partial charge < -0.3 is 4.57 Å². The first-order valence-electron chi connectivity index (χ1n) is 9.98. The lowest BCUT2D eigenvalue weighted by atomic mass is 10.1. The maximum Gasteiger partial charge on any atom is 0.175 e. The van der Waals surface area contributed by atoms with Gasteiger partial charge in [0.25, 0.3) is 0 Å². The number of allylic oxidation sites excluding steroid dienone is 1. The highest BCUT2D eigenvalue weighted by Crippen LogP contribution is 2.24. The Labute approximate surface area is 184 Å². The van der Waals surface area contributed by atoms with Crippen LogP contribution in [0.4, 0.5) is 0 Å². The van der Waals surface area contributed by atoms with Crippen LogP contribution in [0.25, 0.3) is 11.6 Å². The number of aryl methyl sites for hydroxylation is 1. The summed E-state index contributed by atoms with van der Waals surface area (Å²) in [6, 6.07) is 10.1. The SMILES string of the molecule is CCCCc1ncc(C=C(Cc2ccsc2)c2nnn[nH]2)n1Cc1ccccc1Cl. The quantitative estimate of drug-likeness (QED) is 0.385. The molecule has 0 aliphatic carbocycles. The summed E-state index contributed by atoms with van der Waals surface area (Å²) in [6.07, 6.45) is 7.94. The monoisotopic (exact) mass is 438 g/mol. The summed E-state index contributed by atoms with van der Waals surface area (Å²) in [6.45, 7) is 2.86. The number of nitrogens with zero attached hydrogens (tertiary/aromatic N) is 5. The van der Waals surface area contributed by atoms with Gasteiger partial charge in [0.15, 0.2) is 5.82 Å². The Hall–Kier alpha value is -2.77. The van der Waals surface area contributed by atoms with Crippen molar-refractivity contribution in [3.8, 4) is 0 Å². The Morgan fingerprint density at radius 3 is 2.90 bits per heavy atom. The number of hydrogen-bond acceptors (Lipinski definition) is 5. The number of thiophene rings is 1. The number of H-pyrrole nitrogens is 1. The second kappa shape index (κ2) is 9.82. The lowest BCUT2D eigenvalue weighted by molar-refractivity contribution is 0.675. The van der Waals surface area contributed by atoms with Crippen LogP contribution < -0.4 is 0 Å². The smallest absolute Gasteiger partial charge is 0.175 e. The topological polar surface area (TPSA) is 72.3 Å². The summed E-state index contributed by atoms with van der Waals surface area (Å²) >= 11 is 8.14. The van der Waals surface area contributed by atoms with Gasteiger partial charge in [-0.3, -0.25) is 0 Å². The molecule has 0 saturated heterocycles. The molecule has 30 heavy (non-hydrogen) atoms. The summed E-state index contributed by atoms with van der Waals surface area (Å²) in [5.41, 5.74) is 4.33. The van der Waals surface area contributed by atoms with Crippen LogP contribution in [-0.4, -0.2) is 30.2 Å². The molecule has 0 radical (unpaired) electrons. The van der Waals surface area contributed by atoms with E-state index in [9.17, 15) is 0 Å². The number of unbranched alkanes of at least 4 members (excludes halogenated alkanes) is 1. The van der Waals surface area contributed by atoms with E-state index in [2.05, 4.69) is 61.1 Å². The number of rotatable bonds is 9. The van der Waals surface area contributed by atoms with Crippen LogP contribution >= 0.6 is 22.9 Å². The minimum Gasteiger partial charge on any atom is -0.324 e. The average molecular weight is 439 g/mol. The van der Waals surface area contributed by atoms with E-state index in [1.165, 1.54) is 5.56 Å². The molecule has 6 nitrogen and oxygen atoms in total. The summed E-state index contributed by atoms with van der Waals surface area (Å²) < 4.78 is 2.24. The fourth-order valence-corrected chi connectivity index (χ4v) is 4.21. The number of hydrogen-bond donors (Lipinski definition) is 1. The molecule has 0 spiro atoms. The second-order valence-electron chi connectivity index (χ2n) is 7.11. The molecule has 1 aromatic carbocycles. The average Bonchev–Trinajstić information content (AvgIpc) is 3.51. The first-order valence-corrected chi connectivity index (χ1v) is 11.3. The fraction of sp³-hybridized carbons (Fsp3) is 0.273. The molecule has 0 saturated carbocycles. The minimum absolute atomic E-state index is 0.668. The normalized spacial score (nSPS) is 11.9. The molecule has 0 aliphatic rings. The Bertz CT molecular complexity index is 1100. The van der Waals surface area contributed by atoms with Gasteiger partial charge in [0.1, 0.15) is 5.82 Å². The lowest BCUT2D eigenvalue weighted by Gasteiger charge is -2.13.